The number of nitrogens with two attached hydrogens (primary N) is 2. The Morgan fingerprint density at radius 3 is 2.76 bits per heavy atom. The van der Waals surface area contributed by atoms with E-state index >= 15 is 0 Å². The van der Waals surface area contributed by atoms with E-state index in [0.717, 1.165) is 11.3 Å². The SMILES string of the molecule is COc1ccc(N)cc1CNc1cc(C(N)=O)cc(C)n1. The molecule has 1 heterocycles. The summed E-state index contributed by atoms with van der Waals surface area (Å²) in [5, 5.41) is 3.14. The largest absolute Gasteiger partial charge is 0.496 e. The van der Waals surface area contributed by atoms with Gasteiger partial charge in [-0.1, -0.05) is 0 Å². The Labute approximate surface area is 123 Å². The lowest BCUT2D eigenvalue weighted by Gasteiger charge is -2.12. The van der Waals surface area contributed by atoms with Crippen molar-refractivity contribution in [2.45, 2.75) is 13.5 Å². The molecule has 0 atom stereocenters. The lowest BCUT2D eigenvalue weighted by Crippen LogP contribution is -2.13. The molecular formula is C15H18N4O2. The van der Waals surface area contributed by atoms with Gasteiger partial charge in [-0.2, -0.15) is 0 Å². The number of aryl methyl sites for hydroxylation is 1. The maximum absolute atomic E-state index is 11.3. The van der Waals surface area contributed by atoms with Crippen LogP contribution in [0.15, 0.2) is 30.3 Å². The molecule has 2 aromatic rings. The number of benzene rings is 1. The summed E-state index contributed by atoms with van der Waals surface area (Å²) in [7, 11) is 1.60. The number of hydrogen-bond acceptors (Lipinski definition) is 5. The Morgan fingerprint density at radius 2 is 2.10 bits per heavy atom. The molecule has 110 valence electrons. The second-order valence-corrected chi connectivity index (χ2v) is 4.67. The maximum atomic E-state index is 11.3. The monoisotopic (exact) mass is 286 g/mol. The highest BCUT2D eigenvalue weighted by Crippen LogP contribution is 2.22. The van der Waals surface area contributed by atoms with Crippen LogP contribution in [0.2, 0.25) is 0 Å². The summed E-state index contributed by atoms with van der Waals surface area (Å²) < 4.78 is 5.28. The van der Waals surface area contributed by atoms with Crippen molar-refractivity contribution in [3.8, 4) is 5.75 Å². The Hall–Kier alpha value is -2.76. The molecule has 0 bridgehead atoms. The van der Waals surface area contributed by atoms with Crippen LogP contribution in [0.4, 0.5) is 11.5 Å². The average molecular weight is 286 g/mol. The Bertz CT molecular complexity index is 671. The third kappa shape index (κ3) is 3.62. The van der Waals surface area contributed by atoms with Crippen molar-refractivity contribution in [3.63, 3.8) is 0 Å². The molecule has 21 heavy (non-hydrogen) atoms. The van der Waals surface area contributed by atoms with Crippen LogP contribution in [0.3, 0.4) is 0 Å². The summed E-state index contributed by atoms with van der Waals surface area (Å²) in [4.78, 5) is 15.6. The van der Waals surface area contributed by atoms with Crippen LogP contribution in [0, 0.1) is 6.92 Å². The minimum Gasteiger partial charge on any atom is -0.496 e. The summed E-state index contributed by atoms with van der Waals surface area (Å²) in [6.07, 6.45) is 0. The summed E-state index contributed by atoms with van der Waals surface area (Å²) >= 11 is 0. The van der Waals surface area contributed by atoms with Gasteiger partial charge >= 0.3 is 0 Å². The van der Waals surface area contributed by atoms with E-state index in [1.807, 2.05) is 12.1 Å². The number of anilines is 2. The van der Waals surface area contributed by atoms with Crippen LogP contribution in [0.25, 0.3) is 0 Å². The molecule has 1 aromatic heterocycles. The van der Waals surface area contributed by atoms with E-state index in [1.54, 1.807) is 32.2 Å². The lowest BCUT2D eigenvalue weighted by atomic mass is 10.1. The topological polar surface area (TPSA) is 103 Å². The van der Waals surface area contributed by atoms with Crippen molar-refractivity contribution in [1.82, 2.24) is 4.98 Å². The van der Waals surface area contributed by atoms with Gasteiger partial charge in [0.2, 0.25) is 5.91 Å². The molecule has 0 aliphatic heterocycles. The number of pyridine rings is 1. The van der Waals surface area contributed by atoms with Gasteiger partial charge < -0.3 is 21.5 Å². The molecule has 0 aliphatic rings. The summed E-state index contributed by atoms with van der Waals surface area (Å²) in [6, 6.07) is 8.68. The minimum absolute atomic E-state index is 0.421. The number of carbonyl (C=O) groups excluding carboxylic acids is 1. The predicted octanol–water partition coefficient (Wildman–Crippen LogP) is 1.69. The molecule has 6 heteroatoms. The molecule has 1 aromatic carbocycles. The number of ether oxygens (including phenoxy) is 1. The van der Waals surface area contributed by atoms with Crippen molar-refractivity contribution < 1.29 is 9.53 Å². The van der Waals surface area contributed by atoms with Crippen LogP contribution in [-0.2, 0) is 6.54 Å². The van der Waals surface area contributed by atoms with E-state index in [4.69, 9.17) is 16.2 Å². The highest BCUT2D eigenvalue weighted by Gasteiger charge is 2.07. The summed E-state index contributed by atoms with van der Waals surface area (Å²) in [5.41, 5.74) is 13.8. The first kappa shape index (κ1) is 14.6. The Balaban J connectivity index is 2.20. The first-order valence-corrected chi connectivity index (χ1v) is 6.44. The van der Waals surface area contributed by atoms with Crippen molar-refractivity contribution in [1.29, 1.82) is 0 Å². The zero-order valence-electron chi connectivity index (χ0n) is 12.0. The zero-order chi connectivity index (χ0) is 15.4. The fourth-order valence-corrected chi connectivity index (χ4v) is 2.02. The second-order valence-electron chi connectivity index (χ2n) is 4.67. The van der Waals surface area contributed by atoms with Gasteiger partial charge in [-0.15, -0.1) is 0 Å². The molecule has 2 rings (SSSR count). The number of primary amides is 1. The van der Waals surface area contributed by atoms with Crippen molar-refractivity contribution in [2.75, 3.05) is 18.2 Å². The first-order valence-electron chi connectivity index (χ1n) is 6.44. The van der Waals surface area contributed by atoms with Gasteiger partial charge in [0.15, 0.2) is 0 Å². The number of amides is 1. The highest BCUT2D eigenvalue weighted by atomic mass is 16.5. The van der Waals surface area contributed by atoms with E-state index in [1.165, 1.54) is 0 Å². The van der Waals surface area contributed by atoms with Crippen molar-refractivity contribution in [2.24, 2.45) is 5.73 Å². The number of nitrogen functional groups attached to an aromatic ring is 1. The Kier molecular flexibility index (Phi) is 4.27. The van der Waals surface area contributed by atoms with Crippen molar-refractivity contribution >= 4 is 17.4 Å². The predicted molar refractivity (Wildman–Crippen MR) is 82.2 cm³/mol. The van der Waals surface area contributed by atoms with Gasteiger partial charge in [-0.25, -0.2) is 4.98 Å². The number of nitrogens with zero attached hydrogens (tertiary/aromatic N) is 1. The van der Waals surface area contributed by atoms with Crippen LogP contribution in [-0.4, -0.2) is 18.0 Å². The van der Waals surface area contributed by atoms with Gasteiger partial charge in [-0.3, -0.25) is 4.79 Å². The van der Waals surface area contributed by atoms with Gasteiger partial charge in [0.1, 0.15) is 11.6 Å². The molecule has 0 aliphatic carbocycles. The third-order valence-corrected chi connectivity index (χ3v) is 3.00. The normalized spacial score (nSPS) is 10.2. The molecule has 1 amide bonds. The summed E-state index contributed by atoms with van der Waals surface area (Å²) in [5.74, 6) is 0.831. The number of rotatable bonds is 5. The summed E-state index contributed by atoms with van der Waals surface area (Å²) in [6.45, 7) is 2.28. The van der Waals surface area contributed by atoms with Crippen LogP contribution < -0.4 is 21.5 Å². The lowest BCUT2D eigenvalue weighted by molar-refractivity contribution is 0.1000. The van der Waals surface area contributed by atoms with E-state index in [-0.39, 0.29) is 0 Å². The van der Waals surface area contributed by atoms with Crippen LogP contribution >= 0.6 is 0 Å². The molecule has 6 nitrogen and oxygen atoms in total. The van der Waals surface area contributed by atoms with E-state index in [2.05, 4.69) is 10.3 Å². The quantitative estimate of drug-likeness (QED) is 0.726. The minimum atomic E-state index is -0.481. The average Bonchev–Trinajstić information content (AvgIpc) is 2.44. The van der Waals surface area contributed by atoms with Gasteiger partial charge in [0.25, 0.3) is 0 Å². The fraction of sp³-hybridized carbons (Fsp3) is 0.200. The number of carbonyl (C=O) groups is 1. The number of aromatic nitrogens is 1. The fourth-order valence-electron chi connectivity index (χ4n) is 2.02. The molecule has 5 N–H and O–H groups in total. The van der Waals surface area contributed by atoms with Gasteiger partial charge in [0.05, 0.1) is 7.11 Å². The third-order valence-electron chi connectivity index (χ3n) is 3.00. The molecule has 0 spiro atoms. The highest BCUT2D eigenvalue weighted by molar-refractivity contribution is 5.93. The molecule has 0 saturated carbocycles. The van der Waals surface area contributed by atoms with Crippen LogP contribution in [0.5, 0.6) is 5.75 Å². The van der Waals surface area contributed by atoms with E-state index < -0.39 is 5.91 Å². The molecular weight excluding hydrogens is 268 g/mol. The second kappa shape index (κ2) is 6.13. The molecule has 0 unspecified atom stereocenters. The van der Waals surface area contributed by atoms with E-state index in [0.29, 0.717) is 29.3 Å². The first-order chi connectivity index (χ1) is 9.99. The number of hydrogen-bond donors (Lipinski definition) is 3. The molecule has 0 saturated heterocycles. The van der Waals surface area contributed by atoms with Gasteiger partial charge in [0, 0.05) is 29.1 Å². The smallest absolute Gasteiger partial charge is 0.248 e. The van der Waals surface area contributed by atoms with Crippen molar-refractivity contribution in [3.05, 3.63) is 47.2 Å². The molecule has 0 radical (unpaired) electrons. The number of nitrogens with one attached hydrogen (secondary N) is 1. The molecule has 0 fully saturated rings. The van der Waals surface area contributed by atoms with Gasteiger partial charge in [-0.05, 0) is 37.3 Å². The zero-order valence-corrected chi connectivity index (χ0v) is 12.0. The maximum Gasteiger partial charge on any atom is 0.248 e. The van der Waals surface area contributed by atoms with E-state index in [9.17, 15) is 4.79 Å². The standard InChI is InChI=1S/C15H18N4O2/c1-9-5-10(15(17)20)7-14(19-9)18-8-11-6-12(16)3-4-13(11)21-2/h3-7H,8,16H2,1-2H3,(H2,17,20)(H,18,19). The Morgan fingerprint density at radius 1 is 1.33 bits per heavy atom. The van der Waals surface area contributed by atoms with Crippen LogP contribution in [0.1, 0.15) is 21.6 Å². The number of methoxy groups -OCH3 is 1.